The van der Waals surface area contributed by atoms with E-state index in [4.69, 9.17) is 11.6 Å². The average Bonchev–Trinajstić information content (AvgIpc) is 2.16. The highest BCUT2D eigenvalue weighted by Crippen LogP contribution is 2.19. The van der Waals surface area contributed by atoms with Crippen molar-refractivity contribution in [1.29, 1.82) is 0 Å². The Bertz CT molecular complexity index is 189. The molecule has 0 aromatic carbocycles. The third kappa shape index (κ3) is 5.04. The fourth-order valence-electron chi connectivity index (χ4n) is 1.81. The largest absolute Gasteiger partial charge is 0.522 e. The molecule has 2 nitrogen and oxygen atoms in total. The Morgan fingerprint density at radius 1 is 1.33 bits per heavy atom. The molecule has 1 heterocycles. The fraction of sp³-hybridized carbons (Fsp3) is 1.00. The van der Waals surface area contributed by atoms with E-state index in [2.05, 4.69) is 4.74 Å². The molecule has 0 spiro atoms. The van der Waals surface area contributed by atoms with Gasteiger partial charge in [-0.25, -0.2) is 0 Å². The molecule has 0 bridgehead atoms. The highest BCUT2D eigenvalue weighted by Gasteiger charge is 2.29. The number of piperidine rings is 1. The molecule has 1 fully saturated rings. The zero-order valence-corrected chi connectivity index (χ0v) is 9.15. The summed E-state index contributed by atoms with van der Waals surface area (Å²) in [5, 5.41) is 0. The van der Waals surface area contributed by atoms with Crippen LogP contribution in [0.2, 0.25) is 0 Å². The van der Waals surface area contributed by atoms with Gasteiger partial charge in [-0.3, -0.25) is 9.64 Å². The predicted octanol–water partition coefficient (Wildman–Crippen LogP) is 2.62. The molecule has 0 amide bonds. The molecule has 0 radical (unpaired) electrons. The summed E-state index contributed by atoms with van der Waals surface area (Å²) >= 11 is 5.74. The summed E-state index contributed by atoms with van der Waals surface area (Å²) in [6, 6.07) is 0.206. The lowest BCUT2D eigenvalue weighted by atomic mass is 10.0. The normalized spacial score (nSPS) is 24.4. The molecule has 1 saturated heterocycles. The number of hydrogen-bond acceptors (Lipinski definition) is 2. The number of hydrogen-bond donors (Lipinski definition) is 0. The van der Waals surface area contributed by atoms with Crippen LogP contribution in [0.1, 0.15) is 19.3 Å². The summed E-state index contributed by atoms with van der Waals surface area (Å²) in [5.41, 5.74) is 0. The maximum absolute atomic E-state index is 11.7. The molecule has 0 N–H and O–H groups in total. The van der Waals surface area contributed by atoms with Gasteiger partial charge in [0.25, 0.3) is 0 Å². The highest BCUT2D eigenvalue weighted by atomic mass is 35.5. The second-order valence-corrected chi connectivity index (χ2v) is 3.94. The molecule has 0 saturated carbocycles. The van der Waals surface area contributed by atoms with Crippen LogP contribution in [-0.4, -0.2) is 42.9 Å². The van der Waals surface area contributed by atoms with Crippen LogP contribution in [0.3, 0.4) is 0 Å². The zero-order valence-electron chi connectivity index (χ0n) is 8.39. The number of likely N-dealkylation sites (tertiary alicyclic amines) is 1. The van der Waals surface area contributed by atoms with E-state index < -0.39 is 6.36 Å². The number of rotatable bonds is 4. The van der Waals surface area contributed by atoms with E-state index in [0.29, 0.717) is 12.4 Å². The molecular formula is C9H15ClF3NO. The van der Waals surface area contributed by atoms with E-state index >= 15 is 0 Å². The van der Waals surface area contributed by atoms with Crippen molar-refractivity contribution >= 4 is 11.6 Å². The van der Waals surface area contributed by atoms with Gasteiger partial charge < -0.3 is 0 Å². The quantitative estimate of drug-likeness (QED) is 0.706. The fourth-order valence-corrected chi connectivity index (χ4v) is 2.16. The number of ether oxygens (including phenoxy) is 1. The van der Waals surface area contributed by atoms with E-state index in [1.54, 1.807) is 0 Å². The van der Waals surface area contributed by atoms with Crippen molar-refractivity contribution in [3.63, 3.8) is 0 Å². The van der Waals surface area contributed by atoms with Crippen LogP contribution in [0.4, 0.5) is 13.2 Å². The van der Waals surface area contributed by atoms with Crippen LogP contribution >= 0.6 is 11.6 Å². The Balaban J connectivity index is 2.23. The molecule has 6 heteroatoms. The van der Waals surface area contributed by atoms with E-state index in [1.165, 1.54) is 0 Å². The maximum Gasteiger partial charge on any atom is 0.522 e. The van der Waals surface area contributed by atoms with Crippen molar-refractivity contribution in [3.8, 4) is 0 Å². The lowest BCUT2D eigenvalue weighted by Gasteiger charge is -2.34. The Hall–Kier alpha value is 0. The van der Waals surface area contributed by atoms with Crippen LogP contribution in [0, 0.1) is 0 Å². The van der Waals surface area contributed by atoms with Crippen LogP contribution in [0.5, 0.6) is 0 Å². The van der Waals surface area contributed by atoms with Gasteiger partial charge in [0.15, 0.2) is 0 Å². The highest BCUT2D eigenvalue weighted by molar-refractivity contribution is 6.18. The van der Waals surface area contributed by atoms with Crippen LogP contribution in [-0.2, 0) is 4.74 Å². The van der Waals surface area contributed by atoms with Gasteiger partial charge >= 0.3 is 6.36 Å². The smallest absolute Gasteiger partial charge is 0.297 e. The summed E-state index contributed by atoms with van der Waals surface area (Å²) in [4.78, 5) is 1.97. The Labute approximate surface area is 92.3 Å². The van der Waals surface area contributed by atoms with Crippen molar-refractivity contribution in [3.05, 3.63) is 0 Å². The van der Waals surface area contributed by atoms with Crippen molar-refractivity contribution < 1.29 is 17.9 Å². The summed E-state index contributed by atoms with van der Waals surface area (Å²) in [6.07, 6.45) is -1.42. The van der Waals surface area contributed by atoms with Gasteiger partial charge in [-0.05, 0) is 19.4 Å². The van der Waals surface area contributed by atoms with Gasteiger partial charge in [0.05, 0.1) is 6.61 Å². The Morgan fingerprint density at radius 3 is 2.67 bits per heavy atom. The summed E-state index contributed by atoms with van der Waals surface area (Å²) in [5.74, 6) is 0.478. The van der Waals surface area contributed by atoms with Gasteiger partial charge in [-0.15, -0.1) is 24.8 Å². The maximum atomic E-state index is 11.7. The first-order valence-electron chi connectivity index (χ1n) is 5.03. The topological polar surface area (TPSA) is 12.5 Å². The van der Waals surface area contributed by atoms with E-state index in [1.807, 2.05) is 4.90 Å². The first kappa shape index (κ1) is 13.1. The number of nitrogens with zero attached hydrogens (tertiary/aromatic N) is 1. The standard InChI is InChI=1S/C9H15ClF3NO/c10-7-8-3-1-2-4-14(8)5-6-15-9(11,12)13/h8H,1-7H2. The Kier molecular flexibility index (Phi) is 5.15. The number of halogens is 4. The average molecular weight is 246 g/mol. The van der Waals surface area contributed by atoms with Crippen LogP contribution in [0.15, 0.2) is 0 Å². The zero-order chi connectivity index (χ0) is 11.3. The van der Waals surface area contributed by atoms with Crippen molar-refractivity contribution in [2.24, 2.45) is 0 Å². The van der Waals surface area contributed by atoms with Crippen molar-refractivity contribution in [2.75, 3.05) is 25.6 Å². The van der Waals surface area contributed by atoms with Crippen molar-refractivity contribution in [1.82, 2.24) is 4.90 Å². The van der Waals surface area contributed by atoms with Crippen molar-refractivity contribution in [2.45, 2.75) is 31.7 Å². The van der Waals surface area contributed by atoms with Gasteiger partial charge in [0.1, 0.15) is 0 Å². The molecule has 0 aliphatic carbocycles. The van der Waals surface area contributed by atoms with Gasteiger partial charge in [-0.2, -0.15) is 0 Å². The SMILES string of the molecule is FC(F)(F)OCCN1CCCCC1CCl. The predicted molar refractivity (Wildman–Crippen MR) is 51.9 cm³/mol. The summed E-state index contributed by atoms with van der Waals surface area (Å²) in [6.45, 7) is 0.812. The van der Waals surface area contributed by atoms with Gasteiger partial charge in [-0.1, -0.05) is 6.42 Å². The van der Waals surface area contributed by atoms with E-state index in [-0.39, 0.29) is 12.6 Å². The molecular weight excluding hydrogens is 231 g/mol. The molecule has 0 aromatic rings. The molecule has 1 rings (SSSR count). The van der Waals surface area contributed by atoms with Crippen LogP contribution < -0.4 is 0 Å². The molecule has 15 heavy (non-hydrogen) atoms. The van der Waals surface area contributed by atoms with E-state index in [0.717, 1.165) is 25.8 Å². The van der Waals surface area contributed by atoms with E-state index in [9.17, 15) is 13.2 Å². The first-order valence-corrected chi connectivity index (χ1v) is 5.57. The number of alkyl halides is 4. The minimum atomic E-state index is -4.52. The third-order valence-electron chi connectivity index (χ3n) is 2.57. The lowest BCUT2D eigenvalue weighted by Crippen LogP contribution is -2.42. The molecule has 90 valence electrons. The molecule has 1 aliphatic heterocycles. The molecule has 1 aliphatic rings. The second-order valence-electron chi connectivity index (χ2n) is 3.63. The third-order valence-corrected chi connectivity index (χ3v) is 2.93. The Morgan fingerprint density at radius 2 is 2.07 bits per heavy atom. The van der Waals surface area contributed by atoms with Gasteiger partial charge in [0, 0.05) is 18.5 Å². The van der Waals surface area contributed by atoms with Crippen LogP contribution in [0.25, 0.3) is 0 Å². The minimum Gasteiger partial charge on any atom is -0.297 e. The summed E-state index contributed by atoms with van der Waals surface area (Å²) < 4.78 is 38.9. The first-order chi connectivity index (χ1) is 7.03. The molecule has 1 unspecified atom stereocenters. The summed E-state index contributed by atoms with van der Waals surface area (Å²) in [7, 11) is 0. The molecule has 1 atom stereocenters. The minimum absolute atomic E-state index is 0.206. The molecule has 0 aromatic heterocycles. The van der Waals surface area contributed by atoms with Gasteiger partial charge in [0.2, 0.25) is 0 Å². The lowest BCUT2D eigenvalue weighted by molar-refractivity contribution is -0.325. The second kappa shape index (κ2) is 5.92. The monoisotopic (exact) mass is 245 g/mol.